The number of pyridine rings is 1. The number of nitrogens with one attached hydrogen (secondary N) is 2. The molecule has 1 saturated carbocycles. The van der Waals surface area contributed by atoms with Gasteiger partial charge in [-0.05, 0) is 18.9 Å². The molecule has 0 unspecified atom stereocenters. The minimum atomic E-state index is -0.985. The molecule has 0 spiro atoms. The van der Waals surface area contributed by atoms with Gasteiger partial charge in [0.15, 0.2) is 17.5 Å². The summed E-state index contributed by atoms with van der Waals surface area (Å²) in [5, 5.41) is 24.4. The summed E-state index contributed by atoms with van der Waals surface area (Å²) in [5.74, 6) is -0.332. The number of halogens is 2. The normalized spacial score (nSPS) is 23.3. The highest BCUT2D eigenvalue weighted by Crippen LogP contribution is 2.29. The quantitative estimate of drug-likeness (QED) is 0.511. The molecule has 1 aliphatic carbocycles. The maximum Gasteiger partial charge on any atom is 0.183 e. The molecule has 7 nitrogen and oxygen atoms in total. The number of rotatable bonds is 3. The van der Waals surface area contributed by atoms with Crippen LogP contribution in [0, 0.1) is 5.82 Å². The zero-order chi connectivity index (χ0) is 19.0. The summed E-state index contributed by atoms with van der Waals surface area (Å²) in [6.45, 7) is 0. The van der Waals surface area contributed by atoms with E-state index in [2.05, 4.69) is 25.3 Å². The molecule has 0 radical (unpaired) electrons. The van der Waals surface area contributed by atoms with E-state index < -0.39 is 24.1 Å². The summed E-state index contributed by atoms with van der Waals surface area (Å²) < 4.78 is 14.3. The largest absolute Gasteiger partial charge is 0.390 e. The zero-order valence-electron chi connectivity index (χ0n) is 14.4. The number of fused-ring (bicyclic) bond motifs is 1. The summed E-state index contributed by atoms with van der Waals surface area (Å²) in [4.78, 5) is 15.6. The second kappa shape index (κ2) is 7.38. The standard InChI is InChI=1S/C18H19ClFN5O2/c19-9-5-10-11(7-22-16(10)21-6-9)17-23-8-12(20)18(25-17)24-13-3-1-2-4-14(26)15(13)27/h5-8,13-15,26-27H,1-4H2,(H,21,22)(H,23,24,25)/t13-,14+,15+/m0/s1. The average Bonchev–Trinajstić information content (AvgIpc) is 3.00. The lowest BCUT2D eigenvalue weighted by molar-refractivity contribution is 0.00940. The van der Waals surface area contributed by atoms with Gasteiger partial charge in [-0.25, -0.2) is 19.3 Å². The van der Waals surface area contributed by atoms with Gasteiger partial charge in [-0.1, -0.05) is 24.4 Å². The molecule has 3 aromatic heterocycles. The van der Waals surface area contributed by atoms with Crippen molar-refractivity contribution >= 4 is 28.5 Å². The summed E-state index contributed by atoms with van der Waals surface area (Å²) in [7, 11) is 0. The topological polar surface area (TPSA) is 107 Å². The number of aliphatic hydroxyl groups excluding tert-OH is 2. The maximum atomic E-state index is 14.3. The molecule has 0 saturated heterocycles. The Morgan fingerprint density at radius 2 is 2.00 bits per heavy atom. The molecule has 3 heterocycles. The van der Waals surface area contributed by atoms with Crippen LogP contribution in [0.4, 0.5) is 10.2 Å². The first kappa shape index (κ1) is 18.1. The lowest BCUT2D eigenvalue weighted by Crippen LogP contribution is -2.41. The minimum Gasteiger partial charge on any atom is -0.390 e. The molecular weight excluding hydrogens is 373 g/mol. The molecule has 3 aromatic rings. The van der Waals surface area contributed by atoms with Crippen molar-refractivity contribution in [2.24, 2.45) is 0 Å². The van der Waals surface area contributed by atoms with Gasteiger partial charge in [0.25, 0.3) is 0 Å². The third kappa shape index (κ3) is 3.60. The Hall–Kier alpha value is -2.29. The summed E-state index contributed by atoms with van der Waals surface area (Å²) in [6, 6.07) is 1.25. The van der Waals surface area contributed by atoms with E-state index in [0.29, 0.717) is 34.9 Å². The SMILES string of the molecule is O[C@H]1[C@H](O)CCCC[C@@H]1Nc1nc(-c2c[nH]c3ncc(Cl)cc23)ncc1F. The summed E-state index contributed by atoms with van der Waals surface area (Å²) in [5.41, 5.74) is 1.27. The van der Waals surface area contributed by atoms with Gasteiger partial charge in [0, 0.05) is 23.3 Å². The Balaban J connectivity index is 1.68. The lowest BCUT2D eigenvalue weighted by Gasteiger charge is -2.25. The van der Waals surface area contributed by atoms with Gasteiger partial charge in [-0.2, -0.15) is 0 Å². The molecule has 0 aromatic carbocycles. The Labute approximate surface area is 159 Å². The Morgan fingerprint density at radius 1 is 1.19 bits per heavy atom. The van der Waals surface area contributed by atoms with Crippen LogP contribution in [0.5, 0.6) is 0 Å². The highest BCUT2D eigenvalue weighted by atomic mass is 35.5. The van der Waals surface area contributed by atoms with E-state index in [1.807, 2.05) is 0 Å². The van der Waals surface area contributed by atoms with Gasteiger partial charge in [-0.3, -0.25) is 0 Å². The van der Waals surface area contributed by atoms with Crippen LogP contribution < -0.4 is 5.32 Å². The lowest BCUT2D eigenvalue weighted by atomic mass is 10.0. The van der Waals surface area contributed by atoms with Gasteiger partial charge in [0.2, 0.25) is 0 Å². The predicted octanol–water partition coefficient (Wildman–Crippen LogP) is 2.89. The number of hydrogen-bond acceptors (Lipinski definition) is 6. The molecule has 1 fully saturated rings. The fourth-order valence-electron chi connectivity index (χ4n) is 3.42. The van der Waals surface area contributed by atoms with E-state index in [0.717, 1.165) is 24.4 Å². The van der Waals surface area contributed by atoms with Crippen LogP contribution in [0.3, 0.4) is 0 Å². The van der Waals surface area contributed by atoms with Gasteiger partial charge in [0.05, 0.1) is 29.5 Å². The molecule has 0 amide bonds. The van der Waals surface area contributed by atoms with E-state index in [1.165, 1.54) is 6.20 Å². The highest BCUT2D eigenvalue weighted by molar-refractivity contribution is 6.31. The van der Waals surface area contributed by atoms with Crippen molar-refractivity contribution in [1.29, 1.82) is 0 Å². The molecule has 0 aliphatic heterocycles. The molecule has 9 heteroatoms. The van der Waals surface area contributed by atoms with Crippen LogP contribution in [0.25, 0.3) is 22.4 Å². The summed E-state index contributed by atoms with van der Waals surface area (Å²) >= 11 is 6.02. The first-order valence-corrected chi connectivity index (χ1v) is 9.19. The molecule has 0 bridgehead atoms. The minimum absolute atomic E-state index is 0.0116. The van der Waals surface area contributed by atoms with Crippen LogP contribution in [0.1, 0.15) is 25.7 Å². The van der Waals surface area contributed by atoms with E-state index in [-0.39, 0.29) is 5.82 Å². The third-order valence-corrected chi connectivity index (χ3v) is 5.08. The number of hydrogen-bond donors (Lipinski definition) is 4. The predicted molar refractivity (Wildman–Crippen MR) is 100.0 cm³/mol. The van der Waals surface area contributed by atoms with Crippen LogP contribution >= 0.6 is 11.6 Å². The number of aromatic nitrogens is 4. The third-order valence-electron chi connectivity index (χ3n) is 4.88. The average molecular weight is 392 g/mol. The maximum absolute atomic E-state index is 14.3. The van der Waals surface area contributed by atoms with Gasteiger partial charge >= 0.3 is 0 Å². The Morgan fingerprint density at radius 3 is 2.85 bits per heavy atom. The number of aromatic amines is 1. The second-order valence-electron chi connectivity index (χ2n) is 6.74. The Kier molecular flexibility index (Phi) is 4.94. The van der Waals surface area contributed by atoms with Crippen molar-refractivity contribution < 1.29 is 14.6 Å². The summed E-state index contributed by atoms with van der Waals surface area (Å²) in [6.07, 6.45) is 5.27. The van der Waals surface area contributed by atoms with Crippen LogP contribution in [0.15, 0.2) is 24.7 Å². The van der Waals surface area contributed by atoms with Crippen molar-refractivity contribution in [1.82, 2.24) is 19.9 Å². The molecular formula is C18H19ClFN5O2. The fourth-order valence-corrected chi connectivity index (χ4v) is 3.58. The van der Waals surface area contributed by atoms with Crippen molar-refractivity contribution in [3.8, 4) is 11.4 Å². The zero-order valence-corrected chi connectivity index (χ0v) is 15.1. The van der Waals surface area contributed by atoms with E-state index >= 15 is 0 Å². The van der Waals surface area contributed by atoms with Gasteiger partial charge < -0.3 is 20.5 Å². The number of anilines is 1. The number of nitrogens with zero attached hydrogens (tertiary/aromatic N) is 3. The van der Waals surface area contributed by atoms with Crippen molar-refractivity contribution in [3.05, 3.63) is 35.5 Å². The van der Waals surface area contributed by atoms with E-state index in [1.54, 1.807) is 12.3 Å². The molecule has 3 atom stereocenters. The second-order valence-corrected chi connectivity index (χ2v) is 7.17. The van der Waals surface area contributed by atoms with Gasteiger partial charge in [-0.15, -0.1) is 0 Å². The first-order valence-electron chi connectivity index (χ1n) is 8.81. The van der Waals surface area contributed by atoms with Gasteiger partial charge in [0.1, 0.15) is 5.65 Å². The van der Waals surface area contributed by atoms with Crippen LogP contribution in [0.2, 0.25) is 5.02 Å². The van der Waals surface area contributed by atoms with Crippen molar-refractivity contribution in [2.45, 2.75) is 43.9 Å². The smallest absolute Gasteiger partial charge is 0.183 e. The molecule has 142 valence electrons. The van der Waals surface area contributed by atoms with E-state index in [4.69, 9.17) is 11.6 Å². The molecule has 4 rings (SSSR count). The fraction of sp³-hybridized carbons (Fsp3) is 0.389. The Bertz CT molecular complexity index is 966. The first-order chi connectivity index (χ1) is 13.0. The molecule has 1 aliphatic rings. The van der Waals surface area contributed by atoms with Crippen molar-refractivity contribution in [3.63, 3.8) is 0 Å². The number of H-pyrrole nitrogens is 1. The van der Waals surface area contributed by atoms with Crippen molar-refractivity contribution in [2.75, 3.05) is 5.32 Å². The molecule has 27 heavy (non-hydrogen) atoms. The molecule has 4 N–H and O–H groups in total. The van der Waals surface area contributed by atoms with Crippen LogP contribution in [-0.4, -0.2) is 48.4 Å². The number of aliphatic hydroxyl groups is 2. The monoisotopic (exact) mass is 391 g/mol. The van der Waals surface area contributed by atoms with Crippen LogP contribution in [-0.2, 0) is 0 Å². The van der Waals surface area contributed by atoms with E-state index in [9.17, 15) is 14.6 Å². The highest BCUT2D eigenvalue weighted by Gasteiger charge is 2.29.